The van der Waals surface area contributed by atoms with E-state index in [1.54, 1.807) is 13.0 Å². The zero-order valence-electron chi connectivity index (χ0n) is 12.0. The number of carbonyl (C=O) groups excluding carboxylic acids is 2. The van der Waals surface area contributed by atoms with Gasteiger partial charge in [-0.15, -0.1) is 0 Å². The van der Waals surface area contributed by atoms with Gasteiger partial charge in [0.05, 0.1) is 7.11 Å². The summed E-state index contributed by atoms with van der Waals surface area (Å²) in [4.78, 5) is 24.1. The van der Waals surface area contributed by atoms with Gasteiger partial charge in [-0.2, -0.15) is 0 Å². The van der Waals surface area contributed by atoms with Crippen molar-refractivity contribution in [2.75, 3.05) is 7.11 Å². The maximum absolute atomic E-state index is 12.3. The smallest absolute Gasteiger partial charge is 0.331 e. The molecule has 0 aliphatic rings. The first-order valence-corrected chi connectivity index (χ1v) is 6.54. The van der Waals surface area contributed by atoms with Crippen LogP contribution in [0.25, 0.3) is 0 Å². The molecule has 0 aromatic carbocycles. The standard InChI is InChI=1S/C14H22N2O3/c1-5-9-14(3,13(18)19-4)15-12(17)11-8-7-10-16(11)6-2/h7-8,10H,5-6,9H2,1-4H3,(H,15,17). The van der Waals surface area contributed by atoms with E-state index >= 15 is 0 Å². The van der Waals surface area contributed by atoms with Crippen LogP contribution in [0.5, 0.6) is 0 Å². The number of hydrogen-bond acceptors (Lipinski definition) is 3. The molecule has 5 heteroatoms. The van der Waals surface area contributed by atoms with Crippen molar-refractivity contribution >= 4 is 11.9 Å². The molecule has 1 rings (SSSR count). The maximum atomic E-state index is 12.3. The average molecular weight is 266 g/mol. The van der Waals surface area contributed by atoms with Crippen molar-refractivity contribution in [1.29, 1.82) is 0 Å². The lowest BCUT2D eigenvalue weighted by molar-refractivity contribution is -0.147. The highest BCUT2D eigenvalue weighted by atomic mass is 16.5. The van der Waals surface area contributed by atoms with E-state index in [0.717, 1.165) is 6.42 Å². The molecule has 0 saturated heterocycles. The van der Waals surface area contributed by atoms with E-state index in [9.17, 15) is 9.59 Å². The van der Waals surface area contributed by atoms with Crippen molar-refractivity contribution < 1.29 is 14.3 Å². The zero-order valence-corrected chi connectivity index (χ0v) is 12.0. The molecule has 0 spiro atoms. The van der Waals surface area contributed by atoms with Crippen molar-refractivity contribution in [3.05, 3.63) is 24.0 Å². The third-order valence-electron chi connectivity index (χ3n) is 3.18. The minimum Gasteiger partial charge on any atom is -0.467 e. The third kappa shape index (κ3) is 3.36. The molecule has 5 nitrogen and oxygen atoms in total. The number of methoxy groups -OCH3 is 1. The van der Waals surface area contributed by atoms with Crippen molar-refractivity contribution in [1.82, 2.24) is 9.88 Å². The summed E-state index contributed by atoms with van der Waals surface area (Å²) in [6.45, 7) is 6.32. The van der Waals surface area contributed by atoms with Gasteiger partial charge in [0.1, 0.15) is 11.2 Å². The Hall–Kier alpha value is -1.78. The summed E-state index contributed by atoms with van der Waals surface area (Å²) in [6.07, 6.45) is 3.16. The van der Waals surface area contributed by atoms with Gasteiger partial charge < -0.3 is 14.6 Å². The molecule has 1 N–H and O–H groups in total. The van der Waals surface area contributed by atoms with Gasteiger partial charge in [-0.1, -0.05) is 13.3 Å². The molecule has 1 heterocycles. The second-order valence-electron chi connectivity index (χ2n) is 4.71. The number of nitrogens with one attached hydrogen (secondary N) is 1. The quantitative estimate of drug-likeness (QED) is 0.801. The van der Waals surface area contributed by atoms with Crippen LogP contribution in [-0.4, -0.2) is 29.1 Å². The van der Waals surface area contributed by atoms with Crippen LogP contribution in [-0.2, 0) is 16.1 Å². The van der Waals surface area contributed by atoms with Crippen molar-refractivity contribution in [2.24, 2.45) is 0 Å². The predicted molar refractivity (Wildman–Crippen MR) is 72.9 cm³/mol. The van der Waals surface area contributed by atoms with Crippen LogP contribution < -0.4 is 5.32 Å². The van der Waals surface area contributed by atoms with Crippen LogP contribution in [0.15, 0.2) is 18.3 Å². The first kappa shape index (κ1) is 15.3. The molecule has 1 unspecified atom stereocenters. The second-order valence-corrected chi connectivity index (χ2v) is 4.71. The molecule has 1 aromatic rings. The summed E-state index contributed by atoms with van der Waals surface area (Å²) in [7, 11) is 1.33. The zero-order chi connectivity index (χ0) is 14.5. The number of amides is 1. The average Bonchev–Trinajstić information content (AvgIpc) is 2.86. The van der Waals surface area contributed by atoms with Crippen LogP contribution in [0, 0.1) is 0 Å². The summed E-state index contributed by atoms with van der Waals surface area (Å²) in [5, 5.41) is 2.79. The molecule has 1 aromatic heterocycles. The van der Waals surface area contributed by atoms with Crippen molar-refractivity contribution in [3.8, 4) is 0 Å². The van der Waals surface area contributed by atoms with E-state index in [-0.39, 0.29) is 5.91 Å². The van der Waals surface area contributed by atoms with Crippen molar-refractivity contribution in [2.45, 2.75) is 45.7 Å². The number of esters is 1. The Labute approximate surface area is 113 Å². The van der Waals surface area contributed by atoms with Crippen LogP contribution in [0.1, 0.15) is 44.1 Å². The fourth-order valence-electron chi connectivity index (χ4n) is 2.15. The van der Waals surface area contributed by atoms with Crippen molar-refractivity contribution in [3.63, 3.8) is 0 Å². The number of ether oxygens (including phenoxy) is 1. The Balaban J connectivity index is 2.91. The first-order valence-electron chi connectivity index (χ1n) is 6.54. The maximum Gasteiger partial charge on any atom is 0.331 e. The van der Waals surface area contributed by atoms with E-state index in [2.05, 4.69) is 5.32 Å². The Morgan fingerprint density at radius 2 is 2.11 bits per heavy atom. The SMILES string of the molecule is CCCC(C)(NC(=O)c1cccn1CC)C(=O)OC. The molecule has 0 radical (unpaired) electrons. The topological polar surface area (TPSA) is 60.3 Å². The minimum atomic E-state index is -0.983. The number of nitrogens with zero attached hydrogens (tertiary/aromatic N) is 1. The highest BCUT2D eigenvalue weighted by molar-refractivity contribution is 5.96. The van der Waals surface area contributed by atoms with Crippen LogP contribution in [0.2, 0.25) is 0 Å². The Morgan fingerprint density at radius 3 is 2.63 bits per heavy atom. The summed E-state index contributed by atoms with van der Waals surface area (Å²) in [5.41, 5.74) is -0.433. The number of rotatable bonds is 6. The molecule has 0 aliphatic heterocycles. The summed E-state index contributed by atoms with van der Waals surface area (Å²) in [6, 6.07) is 3.55. The summed E-state index contributed by atoms with van der Waals surface area (Å²) >= 11 is 0. The second kappa shape index (κ2) is 6.41. The molecule has 0 fully saturated rings. The van der Waals surface area contributed by atoms with E-state index in [1.807, 2.05) is 30.7 Å². The van der Waals surface area contributed by atoms with E-state index in [1.165, 1.54) is 7.11 Å². The summed E-state index contributed by atoms with van der Waals surface area (Å²) in [5.74, 6) is -0.675. The van der Waals surface area contributed by atoms with Crippen LogP contribution >= 0.6 is 0 Å². The number of carbonyl (C=O) groups is 2. The summed E-state index contributed by atoms with van der Waals surface area (Å²) < 4.78 is 6.61. The van der Waals surface area contributed by atoms with Gasteiger partial charge in [0.2, 0.25) is 0 Å². The van der Waals surface area contributed by atoms with E-state index in [0.29, 0.717) is 18.7 Å². The largest absolute Gasteiger partial charge is 0.467 e. The molecule has 19 heavy (non-hydrogen) atoms. The lowest BCUT2D eigenvalue weighted by Crippen LogP contribution is -2.53. The van der Waals surface area contributed by atoms with Gasteiger partial charge >= 0.3 is 5.97 Å². The molecule has 1 amide bonds. The molecular weight excluding hydrogens is 244 g/mol. The molecule has 1 atom stereocenters. The third-order valence-corrected chi connectivity index (χ3v) is 3.18. The minimum absolute atomic E-state index is 0.256. The van der Waals surface area contributed by atoms with Gasteiger partial charge in [0, 0.05) is 12.7 Å². The van der Waals surface area contributed by atoms with Crippen LogP contribution in [0.3, 0.4) is 0 Å². The Bertz CT molecular complexity index is 453. The van der Waals surface area contributed by atoms with E-state index in [4.69, 9.17) is 4.74 Å². The van der Waals surface area contributed by atoms with Gasteiger partial charge in [-0.3, -0.25) is 4.79 Å². The lowest BCUT2D eigenvalue weighted by Gasteiger charge is -2.27. The first-order chi connectivity index (χ1) is 8.98. The fourth-order valence-corrected chi connectivity index (χ4v) is 2.15. The van der Waals surface area contributed by atoms with Gasteiger partial charge in [0.15, 0.2) is 0 Å². The highest BCUT2D eigenvalue weighted by Gasteiger charge is 2.35. The predicted octanol–water partition coefficient (Wildman–Crippen LogP) is 1.97. The number of hydrogen-bond donors (Lipinski definition) is 1. The molecule has 0 aliphatic carbocycles. The van der Waals surface area contributed by atoms with Gasteiger partial charge in [-0.25, -0.2) is 4.79 Å². The number of aryl methyl sites for hydroxylation is 1. The monoisotopic (exact) mass is 266 g/mol. The van der Waals surface area contributed by atoms with Gasteiger partial charge in [-0.05, 0) is 32.4 Å². The van der Waals surface area contributed by atoms with E-state index < -0.39 is 11.5 Å². The van der Waals surface area contributed by atoms with Gasteiger partial charge in [0.25, 0.3) is 5.91 Å². The normalized spacial score (nSPS) is 13.7. The Morgan fingerprint density at radius 1 is 1.42 bits per heavy atom. The van der Waals surface area contributed by atoms with Crippen LogP contribution in [0.4, 0.5) is 0 Å². The molecule has 0 saturated carbocycles. The highest BCUT2D eigenvalue weighted by Crippen LogP contribution is 2.16. The number of aromatic nitrogens is 1. The molecule has 0 bridgehead atoms. The molecular formula is C14H22N2O3. The Kier molecular flexibility index (Phi) is 5.15. The lowest BCUT2D eigenvalue weighted by atomic mass is 9.96. The fraction of sp³-hybridized carbons (Fsp3) is 0.571. The molecule has 106 valence electrons.